The summed E-state index contributed by atoms with van der Waals surface area (Å²) < 4.78 is 11.3. The first-order valence-electron chi connectivity index (χ1n) is 4.79. The Bertz CT molecular complexity index is 267. The summed E-state index contributed by atoms with van der Waals surface area (Å²) in [6, 6.07) is 0. The first-order valence-corrected chi connectivity index (χ1v) is 7.58. The maximum Gasteiger partial charge on any atom is 0.252 e. The van der Waals surface area contributed by atoms with Gasteiger partial charge < -0.3 is 4.57 Å². The molecule has 0 aliphatic heterocycles. The number of hydrogen-bond donors (Lipinski definition) is 2. The maximum absolute atomic E-state index is 11.5. The molecule has 0 aromatic rings. The van der Waals surface area contributed by atoms with Crippen molar-refractivity contribution in [3.05, 3.63) is 0 Å². The summed E-state index contributed by atoms with van der Waals surface area (Å²) >= 11 is 0. The average molecular weight is 236 g/mol. The van der Waals surface area contributed by atoms with E-state index in [1.54, 1.807) is 34.1 Å². The zero-order valence-electron chi connectivity index (χ0n) is 10.1. The number of rotatable bonds is 4. The molecular weight excluding hydrogens is 215 g/mol. The quantitative estimate of drug-likeness (QED) is 0.335. The van der Waals surface area contributed by atoms with Crippen molar-refractivity contribution in [2.45, 2.75) is 20.8 Å². The number of carbonyl (C=O) groups is 1. The predicted molar refractivity (Wildman–Crippen MR) is 60.4 cm³/mol. The van der Waals surface area contributed by atoms with Crippen LogP contribution >= 0.6 is 7.14 Å². The van der Waals surface area contributed by atoms with Crippen LogP contribution in [-0.2, 0) is 9.36 Å². The normalized spacial score (nSPS) is 12.7. The van der Waals surface area contributed by atoms with Crippen LogP contribution in [0.15, 0.2) is 0 Å². The minimum absolute atomic E-state index is 0.00176. The lowest BCUT2D eigenvalue weighted by molar-refractivity contribution is -0.175. The number of carbonyl (C=O) groups excluding carboxylic acids is 1. The maximum atomic E-state index is 11.5. The van der Waals surface area contributed by atoms with Crippen LogP contribution in [0.3, 0.4) is 0 Å². The topological polar surface area (TPSA) is 69.6 Å². The van der Waals surface area contributed by atoms with E-state index in [4.69, 9.17) is 0 Å². The second-order valence-corrected chi connectivity index (χ2v) is 8.56. The van der Waals surface area contributed by atoms with Crippen molar-refractivity contribution >= 4 is 13.0 Å². The Morgan fingerprint density at radius 3 is 2.20 bits per heavy atom. The van der Waals surface area contributed by atoms with Gasteiger partial charge in [-0.3, -0.25) is 15.3 Å². The van der Waals surface area contributed by atoms with Gasteiger partial charge in [0.25, 0.3) is 5.91 Å². The van der Waals surface area contributed by atoms with Gasteiger partial charge in [0.15, 0.2) is 0 Å². The van der Waals surface area contributed by atoms with Crippen molar-refractivity contribution < 1.29 is 14.6 Å². The first-order chi connectivity index (χ1) is 6.54. The van der Waals surface area contributed by atoms with E-state index in [2.05, 4.69) is 5.32 Å². The molecule has 0 heterocycles. The van der Waals surface area contributed by atoms with Gasteiger partial charge in [-0.2, -0.15) is 0 Å². The predicted octanol–water partition coefficient (Wildman–Crippen LogP) is 1.38. The third-order valence-electron chi connectivity index (χ3n) is 1.63. The van der Waals surface area contributed by atoms with Crippen LogP contribution in [0, 0.1) is 5.41 Å². The number of nitrogens with one attached hydrogen (secondary N) is 1. The fourth-order valence-corrected chi connectivity index (χ4v) is 1.52. The smallest absolute Gasteiger partial charge is 0.252 e. The SMILES string of the molecule is CC(C)(C)C(=O)N(O)CNCP(C)(C)=O. The molecule has 2 N–H and O–H groups in total. The number of hydroxylamine groups is 2. The molecule has 0 aliphatic carbocycles. The molecule has 0 rings (SSSR count). The van der Waals surface area contributed by atoms with E-state index in [9.17, 15) is 14.6 Å². The summed E-state index contributed by atoms with van der Waals surface area (Å²) in [5, 5.41) is 12.8. The standard InChI is InChI=1S/C9H21N2O3P/c1-9(2,3)8(12)11(13)6-10-7-15(4,5)14/h10,13H,6-7H2,1-5H3. The third-order valence-corrected chi connectivity index (χ3v) is 2.62. The highest BCUT2D eigenvalue weighted by atomic mass is 31.2. The van der Waals surface area contributed by atoms with Gasteiger partial charge in [-0.15, -0.1) is 0 Å². The van der Waals surface area contributed by atoms with E-state index >= 15 is 0 Å². The first kappa shape index (κ1) is 14.6. The van der Waals surface area contributed by atoms with Gasteiger partial charge in [0.1, 0.15) is 0 Å². The van der Waals surface area contributed by atoms with Crippen LogP contribution in [0.25, 0.3) is 0 Å². The summed E-state index contributed by atoms with van der Waals surface area (Å²) in [5.41, 5.74) is -0.613. The van der Waals surface area contributed by atoms with Gasteiger partial charge in [-0.25, -0.2) is 5.06 Å². The lowest BCUT2D eigenvalue weighted by Gasteiger charge is -2.24. The number of nitrogens with zero attached hydrogens (tertiary/aromatic N) is 1. The lowest BCUT2D eigenvalue weighted by Crippen LogP contribution is -2.42. The molecule has 0 aliphatic rings. The molecule has 0 saturated carbocycles. The molecule has 0 spiro atoms. The van der Waals surface area contributed by atoms with Crippen LogP contribution in [0.4, 0.5) is 0 Å². The van der Waals surface area contributed by atoms with Crippen molar-refractivity contribution in [1.29, 1.82) is 0 Å². The molecule has 1 amide bonds. The van der Waals surface area contributed by atoms with Crippen LogP contribution in [0.1, 0.15) is 20.8 Å². The Hall–Kier alpha value is -0.380. The van der Waals surface area contributed by atoms with Gasteiger partial charge in [0, 0.05) is 5.41 Å². The summed E-state index contributed by atoms with van der Waals surface area (Å²) in [6.45, 7) is 8.47. The van der Waals surface area contributed by atoms with Crippen LogP contribution in [0.5, 0.6) is 0 Å². The van der Waals surface area contributed by atoms with E-state index in [0.29, 0.717) is 11.3 Å². The number of amides is 1. The Morgan fingerprint density at radius 1 is 1.40 bits per heavy atom. The van der Waals surface area contributed by atoms with Gasteiger partial charge in [-0.05, 0) is 13.3 Å². The van der Waals surface area contributed by atoms with Crippen molar-refractivity contribution in [2.75, 3.05) is 26.3 Å². The number of hydrogen-bond acceptors (Lipinski definition) is 4. The minimum atomic E-state index is -2.15. The molecule has 0 unspecified atom stereocenters. The second kappa shape index (κ2) is 5.10. The van der Waals surface area contributed by atoms with Crippen LogP contribution in [0.2, 0.25) is 0 Å². The van der Waals surface area contributed by atoms with Crippen molar-refractivity contribution in [1.82, 2.24) is 10.4 Å². The Balaban J connectivity index is 4.01. The molecule has 0 aromatic heterocycles. The van der Waals surface area contributed by atoms with Crippen molar-refractivity contribution in [3.63, 3.8) is 0 Å². The highest BCUT2D eigenvalue weighted by Gasteiger charge is 2.26. The Kier molecular flexibility index (Phi) is 4.97. The van der Waals surface area contributed by atoms with Gasteiger partial charge >= 0.3 is 0 Å². The summed E-state index contributed by atoms with van der Waals surface area (Å²) in [5.74, 6) is -0.364. The molecule has 90 valence electrons. The van der Waals surface area contributed by atoms with E-state index in [0.717, 1.165) is 0 Å². The zero-order valence-corrected chi connectivity index (χ0v) is 11.0. The second-order valence-electron chi connectivity index (χ2n) is 5.09. The zero-order chi connectivity index (χ0) is 12.3. The van der Waals surface area contributed by atoms with Gasteiger partial charge in [-0.1, -0.05) is 20.8 Å². The van der Waals surface area contributed by atoms with E-state index < -0.39 is 12.6 Å². The molecule has 15 heavy (non-hydrogen) atoms. The van der Waals surface area contributed by atoms with E-state index in [1.807, 2.05) is 0 Å². The van der Waals surface area contributed by atoms with Crippen LogP contribution in [-0.4, -0.2) is 42.5 Å². The molecular formula is C9H21N2O3P. The van der Waals surface area contributed by atoms with E-state index in [1.165, 1.54) is 0 Å². The molecule has 0 atom stereocenters. The van der Waals surface area contributed by atoms with E-state index in [-0.39, 0.29) is 12.6 Å². The monoisotopic (exact) mass is 236 g/mol. The third kappa shape index (κ3) is 6.66. The van der Waals surface area contributed by atoms with Crippen molar-refractivity contribution in [2.24, 2.45) is 5.41 Å². The Morgan fingerprint density at radius 2 is 1.87 bits per heavy atom. The fraction of sp³-hybridized carbons (Fsp3) is 0.889. The van der Waals surface area contributed by atoms with Gasteiger partial charge in [0.2, 0.25) is 0 Å². The molecule has 0 bridgehead atoms. The largest absolute Gasteiger partial charge is 0.323 e. The summed E-state index contributed by atoms with van der Waals surface area (Å²) in [4.78, 5) is 11.5. The highest BCUT2D eigenvalue weighted by molar-refractivity contribution is 7.62. The molecule has 0 fully saturated rings. The average Bonchev–Trinajstić information content (AvgIpc) is 1.98. The molecule has 5 nitrogen and oxygen atoms in total. The summed E-state index contributed by atoms with van der Waals surface area (Å²) in [6.07, 6.45) is 0.307. The molecule has 0 radical (unpaired) electrons. The molecule has 0 saturated heterocycles. The summed E-state index contributed by atoms with van der Waals surface area (Å²) in [7, 11) is -2.15. The van der Waals surface area contributed by atoms with Crippen LogP contribution < -0.4 is 5.32 Å². The van der Waals surface area contributed by atoms with Gasteiger partial charge in [0.05, 0.1) is 20.1 Å². The molecule has 0 aromatic carbocycles. The fourth-order valence-electron chi connectivity index (χ4n) is 0.884. The minimum Gasteiger partial charge on any atom is -0.323 e. The van der Waals surface area contributed by atoms with Crippen molar-refractivity contribution in [3.8, 4) is 0 Å². The highest BCUT2D eigenvalue weighted by Crippen LogP contribution is 2.33. The lowest BCUT2D eigenvalue weighted by atomic mass is 9.96. The molecule has 6 heteroatoms. The Labute approximate surface area is 91.2 Å².